The second-order valence-electron chi connectivity index (χ2n) is 7.30. The third-order valence-corrected chi connectivity index (χ3v) is 5.05. The maximum absolute atomic E-state index is 13.1. The van der Waals surface area contributed by atoms with Crippen molar-refractivity contribution < 1.29 is 19.1 Å². The van der Waals surface area contributed by atoms with Gasteiger partial charge in [0.2, 0.25) is 12.0 Å². The van der Waals surface area contributed by atoms with Crippen LogP contribution in [0.1, 0.15) is 29.7 Å². The Labute approximate surface area is 197 Å². The molecule has 0 fully saturated rings. The first-order valence-electron chi connectivity index (χ1n) is 10.2. The van der Waals surface area contributed by atoms with E-state index >= 15 is 0 Å². The Morgan fingerprint density at radius 1 is 0.939 bits per heavy atom. The molecule has 0 bridgehead atoms. The molecule has 0 saturated heterocycles. The van der Waals surface area contributed by atoms with Gasteiger partial charge in [0.25, 0.3) is 5.91 Å². The number of benzene rings is 3. The van der Waals surface area contributed by atoms with Crippen LogP contribution in [0.2, 0.25) is 5.02 Å². The molecule has 0 aliphatic heterocycles. The summed E-state index contributed by atoms with van der Waals surface area (Å²) in [6.07, 6.45) is 0.232. The third kappa shape index (κ3) is 6.79. The first-order chi connectivity index (χ1) is 15.8. The van der Waals surface area contributed by atoms with Gasteiger partial charge in [0.1, 0.15) is 5.70 Å². The maximum atomic E-state index is 13.1. The number of anilines is 1. The minimum atomic E-state index is -1.26. The molecule has 33 heavy (non-hydrogen) atoms. The van der Waals surface area contributed by atoms with Crippen LogP contribution in [0, 0.1) is 6.92 Å². The lowest BCUT2D eigenvalue weighted by Gasteiger charge is -2.19. The molecule has 3 aromatic rings. The van der Waals surface area contributed by atoms with Gasteiger partial charge in [-0.15, -0.1) is 0 Å². The number of hydrogen-bond donors (Lipinski definition) is 2. The van der Waals surface area contributed by atoms with E-state index in [0.29, 0.717) is 21.8 Å². The largest absolute Gasteiger partial charge is 0.443 e. The van der Waals surface area contributed by atoms with Crippen molar-refractivity contribution in [1.82, 2.24) is 5.32 Å². The van der Waals surface area contributed by atoms with Gasteiger partial charge < -0.3 is 15.4 Å². The van der Waals surface area contributed by atoms with E-state index in [1.54, 1.807) is 72.8 Å². The molecule has 2 N–H and O–H groups in total. The van der Waals surface area contributed by atoms with Gasteiger partial charge in [-0.1, -0.05) is 78.3 Å². The zero-order valence-electron chi connectivity index (χ0n) is 18.2. The fourth-order valence-corrected chi connectivity index (χ4v) is 3.18. The fraction of sp³-hybridized carbons (Fsp3) is 0.115. The van der Waals surface area contributed by atoms with Gasteiger partial charge >= 0.3 is 5.97 Å². The second-order valence-corrected chi connectivity index (χ2v) is 7.71. The first kappa shape index (κ1) is 23.8. The molecule has 168 valence electrons. The average Bonchev–Trinajstić information content (AvgIpc) is 2.80. The summed E-state index contributed by atoms with van der Waals surface area (Å²) in [7, 11) is 0. The van der Waals surface area contributed by atoms with Crippen molar-refractivity contribution in [2.24, 2.45) is 0 Å². The normalized spacial score (nSPS) is 11.9. The molecule has 0 spiro atoms. The van der Waals surface area contributed by atoms with E-state index < -0.39 is 23.9 Å². The Balaban J connectivity index is 1.89. The minimum Gasteiger partial charge on any atom is -0.443 e. The Morgan fingerprint density at radius 2 is 1.58 bits per heavy atom. The van der Waals surface area contributed by atoms with Crippen LogP contribution < -0.4 is 10.6 Å². The molecule has 0 radical (unpaired) electrons. The number of amides is 2. The van der Waals surface area contributed by atoms with E-state index in [1.165, 1.54) is 13.0 Å². The summed E-state index contributed by atoms with van der Waals surface area (Å²) in [5.41, 5.74) is 2.42. The van der Waals surface area contributed by atoms with E-state index in [4.69, 9.17) is 16.3 Å². The predicted molar refractivity (Wildman–Crippen MR) is 128 cm³/mol. The molecule has 0 heterocycles. The van der Waals surface area contributed by atoms with Crippen LogP contribution in [-0.4, -0.2) is 17.8 Å². The molecule has 0 aliphatic rings. The van der Waals surface area contributed by atoms with Crippen molar-refractivity contribution in [1.29, 1.82) is 0 Å². The summed E-state index contributed by atoms with van der Waals surface area (Å²) in [4.78, 5) is 37.8. The number of nitrogens with one attached hydrogen (secondary N) is 2. The Morgan fingerprint density at radius 3 is 2.18 bits per heavy atom. The number of carbonyl (C=O) groups excluding carboxylic acids is 3. The third-order valence-electron chi connectivity index (χ3n) is 4.65. The number of aryl methyl sites for hydroxylation is 1. The first-order valence-corrected chi connectivity index (χ1v) is 10.6. The Bertz CT molecular complexity index is 1180. The zero-order valence-corrected chi connectivity index (χ0v) is 18.9. The second kappa shape index (κ2) is 11.1. The highest BCUT2D eigenvalue weighted by molar-refractivity contribution is 6.31. The molecule has 0 saturated carbocycles. The zero-order chi connectivity index (χ0) is 23.8. The van der Waals surface area contributed by atoms with Gasteiger partial charge in [-0.05, 0) is 36.3 Å². The smallest absolute Gasteiger partial charge is 0.355 e. The Kier molecular flexibility index (Phi) is 8.00. The summed E-state index contributed by atoms with van der Waals surface area (Å²) in [5, 5.41) is 5.72. The van der Waals surface area contributed by atoms with Crippen LogP contribution in [0.5, 0.6) is 0 Å². The van der Waals surface area contributed by atoms with Crippen molar-refractivity contribution in [3.63, 3.8) is 0 Å². The average molecular weight is 463 g/mol. The monoisotopic (exact) mass is 462 g/mol. The van der Waals surface area contributed by atoms with Gasteiger partial charge in [-0.3, -0.25) is 9.59 Å². The molecule has 6 nitrogen and oxygen atoms in total. The molecule has 1 unspecified atom stereocenters. The predicted octanol–water partition coefficient (Wildman–Crippen LogP) is 5.05. The van der Waals surface area contributed by atoms with Crippen molar-refractivity contribution in [2.45, 2.75) is 20.0 Å². The van der Waals surface area contributed by atoms with Gasteiger partial charge in [-0.2, -0.15) is 0 Å². The van der Waals surface area contributed by atoms with Crippen LogP contribution in [0.3, 0.4) is 0 Å². The number of halogens is 1. The lowest BCUT2D eigenvalue weighted by molar-refractivity contribution is -0.151. The summed E-state index contributed by atoms with van der Waals surface area (Å²) < 4.78 is 5.59. The topological polar surface area (TPSA) is 84.5 Å². The lowest BCUT2D eigenvalue weighted by Crippen LogP contribution is -2.31. The summed E-state index contributed by atoms with van der Waals surface area (Å²) in [6.45, 7) is 3.14. The number of rotatable bonds is 7. The Hall–Kier alpha value is -3.90. The quantitative estimate of drug-likeness (QED) is 0.380. The number of esters is 1. The summed E-state index contributed by atoms with van der Waals surface area (Å²) in [5.74, 6) is -1.85. The summed E-state index contributed by atoms with van der Waals surface area (Å²) >= 11 is 6.16. The van der Waals surface area contributed by atoms with Crippen LogP contribution >= 0.6 is 11.6 Å². The van der Waals surface area contributed by atoms with Crippen LogP contribution in [0.15, 0.2) is 84.6 Å². The highest BCUT2D eigenvalue weighted by Crippen LogP contribution is 2.24. The van der Waals surface area contributed by atoms with E-state index in [1.807, 2.05) is 13.0 Å². The van der Waals surface area contributed by atoms with Crippen molar-refractivity contribution in [3.8, 4) is 0 Å². The SMILES string of the molecule is CC(=O)N/C(=C\c1ccccc1)C(=O)OC(C(=O)Nc1ccc(C)c(Cl)c1)c1ccccc1. The maximum Gasteiger partial charge on any atom is 0.355 e. The molecular formula is C26H23ClN2O4. The van der Waals surface area contributed by atoms with Crippen LogP contribution in [0.4, 0.5) is 5.69 Å². The summed E-state index contributed by atoms with van der Waals surface area (Å²) in [6, 6.07) is 22.7. The minimum absolute atomic E-state index is 0.0826. The van der Waals surface area contributed by atoms with Crippen molar-refractivity contribution >= 4 is 41.1 Å². The fourth-order valence-electron chi connectivity index (χ4n) is 3.00. The van der Waals surface area contributed by atoms with Gasteiger partial charge in [0.15, 0.2) is 0 Å². The molecule has 0 aromatic heterocycles. The molecule has 3 rings (SSSR count). The van der Waals surface area contributed by atoms with E-state index in [-0.39, 0.29) is 5.70 Å². The van der Waals surface area contributed by atoms with Gasteiger partial charge in [0, 0.05) is 23.2 Å². The highest BCUT2D eigenvalue weighted by Gasteiger charge is 2.27. The van der Waals surface area contributed by atoms with Gasteiger partial charge in [0.05, 0.1) is 0 Å². The highest BCUT2D eigenvalue weighted by atomic mass is 35.5. The molecular weight excluding hydrogens is 440 g/mol. The lowest BCUT2D eigenvalue weighted by atomic mass is 10.1. The number of hydrogen-bond acceptors (Lipinski definition) is 4. The van der Waals surface area contributed by atoms with E-state index in [2.05, 4.69) is 10.6 Å². The van der Waals surface area contributed by atoms with Crippen molar-refractivity contribution in [2.75, 3.05) is 5.32 Å². The van der Waals surface area contributed by atoms with Gasteiger partial charge in [-0.25, -0.2) is 4.79 Å². The molecule has 7 heteroatoms. The van der Waals surface area contributed by atoms with Crippen LogP contribution in [-0.2, 0) is 19.1 Å². The molecule has 0 aliphatic carbocycles. The molecule has 1 atom stereocenters. The van der Waals surface area contributed by atoms with E-state index in [0.717, 1.165) is 5.56 Å². The van der Waals surface area contributed by atoms with Crippen LogP contribution in [0.25, 0.3) is 6.08 Å². The molecule has 3 aromatic carbocycles. The van der Waals surface area contributed by atoms with E-state index in [9.17, 15) is 14.4 Å². The molecule has 2 amide bonds. The van der Waals surface area contributed by atoms with Crippen molar-refractivity contribution in [3.05, 3.63) is 106 Å². The standard InChI is InChI=1S/C26H23ClN2O4/c1-17-13-14-21(16-22(17)27)29-25(31)24(20-11-7-4-8-12-20)33-26(32)23(28-18(2)30)15-19-9-5-3-6-10-19/h3-16,24H,1-2H3,(H,28,30)(H,29,31)/b23-15-. The number of ether oxygens (including phenoxy) is 1. The number of carbonyl (C=O) groups is 3.